The van der Waals surface area contributed by atoms with E-state index in [2.05, 4.69) is 10.6 Å². The number of nitrogens with zero attached hydrogens (tertiary/aromatic N) is 2. The van der Waals surface area contributed by atoms with Crippen LogP contribution in [0, 0.1) is 0 Å². The van der Waals surface area contributed by atoms with Gasteiger partial charge in [0.05, 0.1) is 0 Å². The average molecular weight is 480 g/mol. The van der Waals surface area contributed by atoms with Crippen LogP contribution in [0.4, 0.5) is 47.3 Å². The number of amides is 4. The Hall–Kier alpha value is -3.52. The maximum atomic E-state index is 14.1. The Bertz CT molecular complexity index is 908. The molecule has 0 aliphatic carbocycles. The van der Waals surface area contributed by atoms with E-state index in [9.17, 15) is 35.9 Å². The van der Waals surface area contributed by atoms with Gasteiger partial charge in [0.25, 0.3) is 0 Å². The third-order valence-electron chi connectivity index (χ3n) is 4.58. The summed E-state index contributed by atoms with van der Waals surface area (Å²) in [6.45, 7) is 0. The van der Waals surface area contributed by atoms with Crippen molar-refractivity contribution in [3.8, 4) is 0 Å². The lowest BCUT2D eigenvalue weighted by molar-refractivity contribution is -0.288. The lowest BCUT2D eigenvalue weighted by Crippen LogP contribution is -2.54. The third-order valence-corrected chi connectivity index (χ3v) is 4.58. The van der Waals surface area contributed by atoms with E-state index >= 15 is 0 Å². The lowest BCUT2D eigenvalue weighted by Gasteiger charge is -2.38. The number of anilines is 2. The summed E-state index contributed by atoms with van der Waals surface area (Å²) in [5.41, 5.74) is -7.11. The summed E-state index contributed by atoms with van der Waals surface area (Å²) in [6, 6.07) is 3.43. The summed E-state index contributed by atoms with van der Waals surface area (Å²) in [5.74, 6) is 0. The smallest absolute Gasteiger partial charge is 0.306 e. The summed E-state index contributed by atoms with van der Waals surface area (Å²) >= 11 is 0. The van der Waals surface area contributed by atoms with Crippen LogP contribution in [0.1, 0.15) is 11.1 Å². The van der Waals surface area contributed by atoms with E-state index in [1.54, 1.807) is 0 Å². The molecule has 2 aromatic carbocycles. The first-order valence-electron chi connectivity index (χ1n) is 8.93. The fourth-order valence-electron chi connectivity index (χ4n) is 3.00. The number of halogens is 6. The van der Waals surface area contributed by atoms with E-state index in [-0.39, 0.29) is 21.5 Å². The molecule has 4 amide bonds. The van der Waals surface area contributed by atoms with Gasteiger partial charge < -0.3 is 10.6 Å². The molecule has 180 valence electrons. The van der Waals surface area contributed by atoms with Crippen LogP contribution in [0.3, 0.4) is 0 Å². The monoisotopic (exact) mass is 480 g/mol. The zero-order valence-electron chi connectivity index (χ0n) is 17.0. The zero-order valence-corrected chi connectivity index (χ0v) is 17.0. The normalized spacial score (nSPS) is 12.2. The first kappa shape index (κ1) is 25.7. The molecule has 0 fully saturated rings. The Morgan fingerprint density at radius 1 is 0.667 bits per heavy atom. The summed E-state index contributed by atoms with van der Waals surface area (Å²) < 4.78 is 84.8. The predicted octanol–water partition coefficient (Wildman–Crippen LogP) is 4.80. The van der Waals surface area contributed by atoms with Gasteiger partial charge in [-0.3, -0.25) is 10.4 Å². The van der Waals surface area contributed by atoms with Gasteiger partial charge in [-0.2, -0.15) is 26.3 Å². The molecule has 2 rings (SSSR count). The van der Waals surface area contributed by atoms with E-state index < -0.39 is 41.0 Å². The topological polar surface area (TPSA) is 105 Å². The van der Waals surface area contributed by atoms with Gasteiger partial charge in [0.1, 0.15) is 0 Å². The van der Waals surface area contributed by atoms with Crippen molar-refractivity contribution in [2.75, 3.05) is 24.7 Å². The summed E-state index contributed by atoms with van der Waals surface area (Å²) in [7, 11) is 1.93. The fraction of sp³-hybridized carbons (Fsp3) is 0.263. The lowest BCUT2D eigenvalue weighted by atomic mass is 9.73. The second-order valence-electron chi connectivity index (χ2n) is 6.81. The Balaban J connectivity index is 2.59. The van der Waals surface area contributed by atoms with Gasteiger partial charge in [0, 0.05) is 25.5 Å². The van der Waals surface area contributed by atoms with Gasteiger partial charge in [-0.1, -0.05) is 24.3 Å². The number of benzene rings is 2. The van der Waals surface area contributed by atoms with Crippen molar-refractivity contribution >= 4 is 23.4 Å². The van der Waals surface area contributed by atoms with Crippen molar-refractivity contribution in [1.82, 2.24) is 10.1 Å². The van der Waals surface area contributed by atoms with Gasteiger partial charge in [-0.25, -0.2) is 19.7 Å². The van der Waals surface area contributed by atoms with E-state index in [1.165, 1.54) is 0 Å². The minimum atomic E-state index is -5.84. The second kappa shape index (κ2) is 9.15. The Morgan fingerprint density at radius 2 is 0.939 bits per heavy atom. The van der Waals surface area contributed by atoms with E-state index in [0.29, 0.717) is 24.3 Å². The van der Waals surface area contributed by atoms with Crippen LogP contribution in [0.15, 0.2) is 48.5 Å². The number of hydrogen-bond donors (Lipinski definition) is 4. The quantitative estimate of drug-likeness (QED) is 0.287. The largest absolute Gasteiger partial charge is 0.411 e. The van der Waals surface area contributed by atoms with Crippen molar-refractivity contribution in [2.24, 2.45) is 0 Å². The maximum absolute atomic E-state index is 14.1. The molecule has 33 heavy (non-hydrogen) atoms. The van der Waals surface area contributed by atoms with Crippen molar-refractivity contribution in [2.45, 2.75) is 17.8 Å². The van der Waals surface area contributed by atoms with Crippen molar-refractivity contribution in [3.63, 3.8) is 0 Å². The number of carbonyl (C=O) groups excluding carboxylic acids is 2. The molecular weight excluding hydrogens is 462 g/mol. The van der Waals surface area contributed by atoms with Crippen LogP contribution in [-0.4, -0.2) is 59.1 Å². The summed E-state index contributed by atoms with van der Waals surface area (Å²) in [4.78, 5) is 22.9. The first-order valence-corrected chi connectivity index (χ1v) is 8.93. The van der Waals surface area contributed by atoms with E-state index in [0.717, 1.165) is 38.4 Å². The van der Waals surface area contributed by atoms with E-state index in [1.807, 2.05) is 0 Å². The molecule has 0 radical (unpaired) electrons. The highest BCUT2D eigenvalue weighted by Crippen LogP contribution is 2.56. The molecule has 0 saturated carbocycles. The number of hydrogen-bond acceptors (Lipinski definition) is 4. The molecule has 0 aliphatic rings. The molecule has 2 aromatic rings. The molecule has 0 atom stereocenters. The van der Waals surface area contributed by atoms with Gasteiger partial charge in [0.2, 0.25) is 5.41 Å². The number of hydroxylamine groups is 4. The summed E-state index contributed by atoms with van der Waals surface area (Å²) in [6.07, 6.45) is -11.7. The highest BCUT2D eigenvalue weighted by Gasteiger charge is 2.72. The third kappa shape index (κ3) is 5.12. The van der Waals surface area contributed by atoms with Crippen LogP contribution in [-0.2, 0) is 5.41 Å². The Labute approximate surface area is 182 Å². The van der Waals surface area contributed by atoms with Crippen molar-refractivity contribution in [3.05, 3.63) is 59.7 Å². The van der Waals surface area contributed by atoms with Gasteiger partial charge in [-0.05, 0) is 35.4 Å². The average Bonchev–Trinajstić information content (AvgIpc) is 2.68. The van der Waals surface area contributed by atoms with Gasteiger partial charge in [0.15, 0.2) is 0 Å². The highest BCUT2D eigenvalue weighted by atomic mass is 19.4. The number of nitrogens with one attached hydrogen (secondary N) is 2. The number of carbonyl (C=O) groups is 2. The molecule has 0 aliphatic heterocycles. The van der Waals surface area contributed by atoms with E-state index in [4.69, 9.17) is 10.4 Å². The molecule has 8 nitrogen and oxygen atoms in total. The molecule has 14 heteroatoms. The van der Waals surface area contributed by atoms with Crippen LogP contribution >= 0.6 is 0 Å². The minimum Gasteiger partial charge on any atom is -0.306 e. The molecule has 0 bridgehead atoms. The molecule has 0 unspecified atom stereocenters. The standard InChI is InChI=1S/C19H18F6N4O4/c1-28(32)15(30)26-13-7-3-11(4-8-13)17(18(20,21)22,19(23,24)25)12-5-9-14(10-6-12)27-16(31)29(2)33/h3-10,32-33H,1-2H3,(H,26,30)(H,27,31). The van der Waals surface area contributed by atoms with Gasteiger partial charge in [-0.15, -0.1) is 0 Å². The second-order valence-corrected chi connectivity index (χ2v) is 6.81. The molecule has 4 N–H and O–H groups in total. The molecule has 0 saturated heterocycles. The van der Waals surface area contributed by atoms with Crippen LogP contribution in [0.2, 0.25) is 0 Å². The molecule has 0 spiro atoms. The molecule has 0 aromatic heterocycles. The maximum Gasteiger partial charge on any atom is 0.411 e. The number of urea groups is 2. The highest BCUT2D eigenvalue weighted by molar-refractivity contribution is 5.88. The number of rotatable bonds is 4. The van der Waals surface area contributed by atoms with Crippen molar-refractivity contribution < 1.29 is 46.3 Å². The van der Waals surface area contributed by atoms with Crippen molar-refractivity contribution in [1.29, 1.82) is 0 Å². The van der Waals surface area contributed by atoms with Gasteiger partial charge >= 0.3 is 24.4 Å². The van der Waals surface area contributed by atoms with Crippen LogP contribution in [0.25, 0.3) is 0 Å². The molecular formula is C19H18F6N4O4. The SMILES string of the molecule is CN(O)C(=O)Nc1ccc(C(c2ccc(NC(=O)N(C)O)cc2)(C(F)(F)F)C(F)(F)F)cc1. The first-order chi connectivity index (χ1) is 15.1. The number of alkyl halides is 6. The van der Waals surface area contributed by atoms with Crippen LogP contribution < -0.4 is 10.6 Å². The Kier molecular flexibility index (Phi) is 7.14. The Morgan fingerprint density at radius 3 is 1.15 bits per heavy atom. The minimum absolute atomic E-state index is 0.137. The fourth-order valence-corrected chi connectivity index (χ4v) is 3.00. The molecule has 0 heterocycles. The summed E-state index contributed by atoms with van der Waals surface area (Å²) in [5, 5.41) is 22.5. The van der Waals surface area contributed by atoms with Crippen LogP contribution in [0.5, 0.6) is 0 Å². The zero-order chi connectivity index (χ0) is 25.2. The predicted molar refractivity (Wildman–Crippen MR) is 103 cm³/mol.